The number of benzene rings is 2. The van der Waals surface area contributed by atoms with Gasteiger partial charge in [-0.3, -0.25) is 0 Å². The molecule has 2 unspecified atom stereocenters. The van der Waals surface area contributed by atoms with Crippen LogP contribution in [0.15, 0.2) is 36.4 Å². The van der Waals surface area contributed by atoms with Gasteiger partial charge in [-0.2, -0.15) is 0 Å². The summed E-state index contributed by atoms with van der Waals surface area (Å²) in [5, 5.41) is 14.4. The third kappa shape index (κ3) is 3.99. The number of aromatic carboxylic acids is 1. The lowest BCUT2D eigenvalue weighted by molar-refractivity contribution is 0.0520. The molecule has 2 saturated carbocycles. The highest BCUT2D eigenvalue weighted by Crippen LogP contribution is 2.60. The second-order valence-electron chi connectivity index (χ2n) is 11.6. The van der Waals surface area contributed by atoms with Crippen molar-refractivity contribution in [2.45, 2.75) is 62.4 Å². The molecule has 8 heteroatoms. The zero-order chi connectivity index (χ0) is 26.7. The largest absolute Gasteiger partial charge is 0.497 e. The second kappa shape index (κ2) is 9.30. The van der Waals surface area contributed by atoms with E-state index >= 15 is 0 Å². The number of carbonyl (C=O) groups is 2. The van der Waals surface area contributed by atoms with E-state index in [0.29, 0.717) is 38.8 Å². The first kappa shape index (κ1) is 24.5. The number of urea groups is 1. The first-order valence-corrected chi connectivity index (χ1v) is 14.2. The Hall–Kier alpha value is -3.52. The number of nitrogens with zero attached hydrogens (tertiary/aromatic N) is 2. The fraction of sp³-hybridized carbons (Fsp3) is 0.484. The number of carboxylic acid groups (broad SMARTS) is 1. The van der Waals surface area contributed by atoms with Gasteiger partial charge in [0.25, 0.3) is 0 Å². The number of carboxylic acids is 1. The van der Waals surface area contributed by atoms with Gasteiger partial charge >= 0.3 is 12.0 Å². The highest BCUT2D eigenvalue weighted by Gasteiger charge is 2.59. The maximum absolute atomic E-state index is 13.5. The highest BCUT2D eigenvalue weighted by atomic mass is 16.5. The fourth-order valence-electron chi connectivity index (χ4n) is 7.35. The van der Waals surface area contributed by atoms with Crippen LogP contribution in [0.1, 0.15) is 71.8 Å². The van der Waals surface area contributed by atoms with E-state index in [2.05, 4.69) is 22.0 Å². The molecule has 39 heavy (non-hydrogen) atoms. The third-order valence-electron chi connectivity index (χ3n) is 9.42. The standard InChI is InChI=1S/C31H35N3O5/c1-38-21-8-10-22-24(16-21)25-17-31(25,32-30(37)33-11-13-39-14-12-33)18-34-26-15-20(29(35)36)7-9-23(26)27(28(22)34)19-5-3-2-4-6-19/h7-10,15-16,19,25H,2-6,11-14,17-18H2,1H3,(H,32,37)(H,35,36). The summed E-state index contributed by atoms with van der Waals surface area (Å²) >= 11 is 0. The Balaban J connectivity index is 1.43. The smallest absolute Gasteiger partial charge is 0.335 e. The molecule has 2 N–H and O–H groups in total. The maximum atomic E-state index is 13.5. The Morgan fingerprint density at radius 2 is 1.87 bits per heavy atom. The van der Waals surface area contributed by atoms with Gasteiger partial charge in [-0.25, -0.2) is 9.59 Å². The number of ether oxygens (including phenoxy) is 2. The van der Waals surface area contributed by atoms with E-state index < -0.39 is 11.5 Å². The van der Waals surface area contributed by atoms with E-state index in [4.69, 9.17) is 9.47 Å². The van der Waals surface area contributed by atoms with Crippen LogP contribution in [0, 0.1) is 0 Å². The van der Waals surface area contributed by atoms with Crippen molar-refractivity contribution in [3.8, 4) is 17.0 Å². The monoisotopic (exact) mass is 529 g/mol. The van der Waals surface area contributed by atoms with E-state index in [-0.39, 0.29) is 17.5 Å². The summed E-state index contributed by atoms with van der Waals surface area (Å²) < 4.78 is 13.4. The van der Waals surface area contributed by atoms with Crippen molar-refractivity contribution in [2.24, 2.45) is 0 Å². The van der Waals surface area contributed by atoms with Crippen LogP contribution < -0.4 is 10.1 Å². The average molecular weight is 530 g/mol. The minimum absolute atomic E-state index is 0.0520. The second-order valence-corrected chi connectivity index (χ2v) is 11.6. The summed E-state index contributed by atoms with van der Waals surface area (Å²) in [6.45, 7) is 2.88. The lowest BCUT2D eigenvalue weighted by Crippen LogP contribution is -2.51. The van der Waals surface area contributed by atoms with Crippen molar-refractivity contribution in [3.05, 3.63) is 53.1 Å². The molecule has 1 saturated heterocycles. The summed E-state index contributed by atoms with van der Waals surface area (Å²) in [4.78, 5) is 27.3. The maximum Gasteiger partial charge on any atom is 0.335 e. The average Bonchev–Trinajstić information content (AvgIpc) is 3.60. The van der Waals surface area contributed by atoms with E-state index in [1.165, 1.54) is 41.6 Å². The Bertz CT molecular complexity index is 1470. The van der Waals surface area contributed by atoms with Gasteiger partial charge in [-0.05, 0) is 66.6 Å². The minimum Gasteiger partial charge on any atom is -0.497 e. The molecule has 7 rings (SSSR count). The van der Waals surface area contributed by atoms with Gasteiger partial charge in [0.05, 0.1) is 37.1 Å². The van der Waals surface area contributed by atoms with Gasteiger partial charge in [-0.1, -0.05) is 25.3 Å². The van der Waals surface area contributed by atoms with Gasteiger partial charge in [0.15, 0.2) is 0 Å². The molecule has 0 radical (unpaired) electrons. The van der Waals surface area contributed by atoms with Crippen LogP contribution in [0.25, 0.3) is 22.2 Å². The topological polar surface area (TPSA) is 93.0 Å². The molecule has 0 bridgehead atoms. The van der Waals surface area contributed by atoms with Crippen molar-refractivity contribution in [3.63, 3.8) is 0 Å². The number of methoxy groups -OCH3 is 1. The summed E-state index contributed by atoms with van der Waals surface area (Å²) in [6.07, 6.45) is 6.80. The molecule has 2 atom stereocenters. The van der Waals surface area contributed by atoms with Gasteiger partial charge in [-0.15, -0.1) is 0 Å². The molecule has 8 nitrogen and oxygen atoms in total. The van der Waals surface area contributed by atoms with Crippen molar-refractivity contribution in [2.75, 3.05) is 33.4 Å². The minimum atomic E-state index is -0.926. The van der Waals surface area contributed by atoms with E-state index in [1.807, 2.05) is 23.1 Å². The zero-order valence-electron chi connectivity index (χ0n) is 22.4. The zero-order valence-corrected chi connectivity index (χ0v) is 22.4. The number of nitrogens with one attached hydrogen (secondary N) is 1. The third-order valence-corrected chi connectivity index (χ3v) is 9.42. The Kier molecular flexibility index (Phi) is 5.84. The number of aromatic nitrogens is 1. The number of morpholine rings is 1. The van der Waals surface area contributed by atoms with Gasteiger partial charge < -0.3 is 29.4 Å². The number of fused-ring (bicyclic) bond motifs is 7. The van der Waals surface area contributed by atoms with Crippen LogP contribution in [-0.2, 0) is 11.3 Å². The molecular formula is C31H35N3O5. The molecule has 2 aliphatic heterocycles. The molecule has 0 spiro atoms. The molecular weight excluding hydrogens is 494 g/mol. The molecule has 4 aliphatic rings. The fourth-order valence-corrected chi connectivity index (χ4v) is 7.35. The van der Waals surface area contributed by atoms with Crippen LogP contribution in [0.5, 0.6) is 5.75 Å². The summed E-state index contributed by atoms with van der Waals surface area (Å²) in [6, 6.07) is 11.9. The molecule has 2 aliphatic carbocycles. The number of amides is 2. The van der Waals surface area contributed by atoms with Crippen LogP contribution in [0.2, 0.25) is 0 Å². The van der Waals surface area contributed by atoms with Gasteiger partial charge in [0.2, 0.25) is 0 Å². The molecule has 3 fully saturated rings. The van der Waals surface area contributed by atoms with Crippen molar-refractivity contribution < 1.29 is 24.2 Å². The molecule has 3 heterocycles. The SMILES string of the molecule is COc1ccc2c(c1)C1CC1(NC(=O)N1CCOCC1)Cn1c-2c(C2CCCCC2)c2ccc(C(=O)O)cc21. The van der Waals surface area contributed by atoms with Crippen molar-refractivity contribution >= 4 is 22.9 Å². The lowest BCUT2D eigenvalue weighted by atomic mass is 9.81. The lowest BCUT2D eigenvalue weighted by Gasteiger charge is -2.30. The Morgan fingerprint density at radius 1 is 1.08 bits per heavy atom. The van der Waals surface area contributed by atoms with E-state index in [9.17, 15) is 14.7 Å². The van der Waals surface area contributed by atoms with Gasteiger partial charge in [0.1, 0.15) is 5.75 Å². The molecule has 1 aromatic heterocycles. The predicted molar refractivity (Wildman–Crippen MR) is 148 cm³/mol. The molecule has 2 amide bonds. The molecule has 204 valence electrons. The summed E-state index contributed by atoms with van der Waals surface area (Å²) in [5.74, 6) is 0.469. The van der Waals surface area contributed by atoms with E-state index in [0.717, 1.165) is 35.9 Å². The molecule has 2 aromatic carbocycles. The Labute approximate surface area is 227 Å². The first-order chi connectivity index (χ1) is 19.0. The molecule has 3 aromatic rings. The van der Waals surface area contributed by atoms with Crippen LogP contribution in [0.4, 0.5) is 4.79 Å². The van der Waals surface area contributed by atoms with Crippen LogP contribution in [0.3, 0.4) is 0 Å². The van der Waals surface area contributed by atoms with Gasteiger partial charge in [0, 0.05) is 42.0 Å². The van der Waals surface area contributed by atoms with Crippen LogP contribution >= 0.6 is 0 Å². The summed E-state index contributed by atoms with van der Waals surface area (Å²) in [7, 11) is 1.69. The Morgan fingerprint density at radius 3 is 2.62 bits per heavy atom. The van der Waals surface area contributed by atoms with Crippen molar-refractivity contribution in [1.29, 1.82) is 0 Å². The normalized spacial score (nSPS) is 24.3. The number of hydrogen-bond donors (Lipinski definition) is 2. The number of rotatable bonds is 4. The highest BCUT2D eigenvalue weighted by molar-refractivity contribution is 5.99. The number of carbonyl (C=O) groups excluding carboxylic acids is 1. The first-order valence-electron chi connectivity index (χ1n) is 14.2. The van der Waals surface area contributed by atoms with Crippen molar-refractivity contribution in [1.82, 2.24) is 14.8 Å². The summed E-state index contributed by atoms with van der Waals surface area (Å²) in [5.41, 5.74) is 5.68. The predicted octanol–water partition coefficient (Wildman–Crippen LogP) is 5.34. The number of hydrogen-bond acceptors (Lipinski definition) is 4. The quantitative estimate of drug-likeness (QED) is 0.476. The van der Waals surface area contributed by atoms with E-state index in [1.54, 1.807) is 13.2 Å². The van der Waals surface area contributed by atoms with Crippen LogP contribution in [-0.4, -0.2) is 65.5 Å².